The maximum Gasteiger partial charge on any atom is 0.265 e. The summed E-state index contributed by atoms with van der Waals surface area (Å²) in [4.78, 5) is 27.5. The molecule has 0 spiro atoms. The van der Waals surface area contributed by atoms with Crippen LogP contribution >= 0.6 is 11.3 Å². The quantitative estimate of drug-likeness (QED) is 0.868. The molecule has 0 bridgehead atoms. The molecule has 0 saturated carbocycles. The van der Waals surface area contributed by atoms with E-state index in [1.54, 1.807) is 12.3 Å². The number of aryl methyl sites for hydroxylation is 2. The zero-order chi connectivity index (χ0) is 15.5. The van der Waals surface area contributed by atoms with Gasteiger partial charge in [0.2, 0.25) is 5.88 Å². The number of carbonyl (C=O) groups is 1. The van der Waals surface area contributed by atoms with Crippen molar-refractivity contribution in [1.29, 1.82) is 0 Å². The molecule has 116 valence electrons. The van der Waals surface area contributed by atoms with E-state index < -0.39 is 0 Å². The number of likely N-dealkylation sites (tertiary alicyclic amines) is 1. The Kier molecular flexibility index (Phi) is 4.33. The van der Waals surface area contributed by atoms with Gasteiger partial charge in [-0.1, -0.05) is 0 Å². The van der Waals surface area contributed by atoms with Crippen LogP contribution < -0.4 is 4.74 Å². The SMILES string of the molecule is Cc1nc(C)c(C(=O)N2CCCC(Oc3ccncn3)C2)s1. The van der Waals surface area contributed by atoms with E-state index in [1.165, 1.54) is 17.7 Å². The summed E-state index contributed by atoms with van der Waals surface area (Å²) in [6.45, 7) is 5.15. The van der Waals surface area contributed by atoms with Crippen LogP contribution in [-0.2, 0) is 0 Å². The van der Waals surface area contributed by atoms with Gasteiger partial charge in [-0.25, -0.2) is 15.0 Å². The molecule has 3 rings (SSSR count). The Morgan fingerprint density at radius 3 is 3.00 bits per heavy atom. The molecule has 22 heavy (non-hydrogen) atoms. The van der Waals surface area contributed by atoms with Crippen molar-refractivity contribution in [3.05, 3.63) is 34.2 Å². The molecule has 1 aliphatic rings. The zero-order valence-electron chi connectivity index (χ0n) is 12.7. The van der Waals surface area contributed by atoms with Crippen LogP contribution in [0.25, 0.3) is 0 Å². The van der Waals surface area contributed by atoms with Gasteiger partial charge in [0.25, 0.3) is 5.91 Å². The molecule has 1 unspecified atom stereocenters. The molecule has 1 fully saturated rings. The van der Waals surface area contributed by atoms with E-state index in [2.05, 4.69) is 15.0 Å². The second kappa shape index (κ2) is 6.39. The summed E-state index contributed by atoms with van der Waals surface area (Å²) in [7, 11) is 0. The number of carbonyl (C=O) groups excluding carboxylic acids is 1. The average Bonchev–Trinajstić information content (AvgIpc) is 2.86. The van der Waals surface area contributed by atoms with Crippen molar-refractivity contribution in [2.75, 3.05) is 13.1 Å². The van der Waals surface area contributed by atoms with Crippen LogP contribution in [0.1, 0.15) is 33.2 Å². The maximum absolute atomic E-state index is 12.6. The number of aromatic nitrogens is 3. The van der Waals surface area contributed by atoms with Gasteiger partial charge in [0, 0.05) is 18.8 Å². The molecule has 7 heteroatoms. The molecule has 3 heterocycles. The minimum absolute atomic E-state index is 0.0260. The molecule has 1 atom stereocenters. The number of nitrogens with zero attached hydrogens (tertiary/aromatic N) is 4. The Morgan fingerprint density at radius 1 is 1.45 bits per heavy atom. The van der Waals surface area contributed by atoms with Crippen LogP contribution in [0.3, 0.4) is 0 Å². The lowest BCUT2D eigenvalue weighted by Crippen LogP contribution is -2.44. The van der Waals surface area contributed by atoms with E-state index in [4.69, 9.17) is 4.74 Å². The number of hydrogen-bond acceptors (Lipinski definition) is 6. The molecule has 1 amide bonds. The molecule has 2 aromatic heterocycles. The number of hydrogen-bond donors (Lipinski definition) is 0. The third-order valence-electron chi connectivity index (χ3n) is 3.61. The van der Waals surface area contributed by atoms with Crippen molar-refractivity contribution < 1.29 is 9.53 Å². The Labute approximate surface area is 133 Å². The van der Waals surface area contributed by atoms with Crippen LogP contribution in [0.4, 0.5) is 0 Å². The minimum Gasteiger partial charge on any atom is -0.472 e. The van der Waals surface area contributed by atoms with E-state index in [1.807, 2.05) is 18.7 Å². The number of rotatable bonds is 3. The molecule has 0 N–H and O–H groups in total. The van der Waals surface area contributed by atoms with Crippen molar-refractivity contribution in [2.45, 2.75) is 32.8 Å². The second-order valence-corrected chi connectivity index (χ2v) is 6.53. The summed E-state index contributed by atoms with van der Waals surface area (Å²) in [5.41, 5.74) is 0.811. The van der Waals surface area contributed by atoms with Gasteiger partial charge in [-0.2, -0.15) is 0 Å². The Hall–Kier alpha value is -2.02. The molecule has 1 aliphatic heterocycles. The summed E-state index contributed by atoms with van der Waals surface area (Å²) in [6, 6.07) is 1.73. The highest BCUT2D eigenvalue weighted by Gasteiger charge is 2.28. The summed E-state index contributed by atoms with van der Waals surface area (Å²) in [5, 5.41) is 0.923. The van der Waals surface area contributed by atoms with Crippen LogP contribution in [0.2, 0.25) is 0 Å². The third-order valence-corrected chi connectivity index (χ3v) is 4.67. The molecule has 0 radical (unpaired) electrons. The molecule has 2 aromatic rings. The zero-order valence-corrected chi connectivity index (χ0v) is 13.5. The van der Waals surface area contributed by atoms with Crippen molar-refractivity contribution in [3.8, 4) is 5.88 Å². The van der Waals surface area contributed by atoms with Gasteiger partial charge in [0.05, 0.1) is 17.2 Å². The van der Waals surface area contributed by atoms with Gasteiger partial charge in [0.1, 0.15) is 17.3 Å². The molecule has 1 saturated heterocycles. The van der Waals surface area contributed by atoms with Crippen molar-refractivity contribution in [2.24, 2.45) is 0 Å². The van der Waals surface area contributed by atoms with Gasteiger partial charge in [-0.15, -0.1) is 11.3 Å². The highest BCUT2D eigenvalue weighted by atomic mass is 32.1. The minimum atomic E-state index is -0.0260. The van der Waals surface area contributed by atoms with Gasteiger partial charge in [-0.3, -0.25) is 4.79 Å². The molecule has 0 aliphatic carbocycles. The highest BCUT2D eigenvalue weighted by molar-refractivity contribution is 7.13. The first-order valence-corrected chi connectivity index (χ1v) is 8.11. The fraction of sp³-hybridized carbons (Fsp3) is 0.467. The third kappa shape index (κ3) is 3.24. The van der Waals surface area contributed by atoms with Gasteiger partial charge >= 0.3 is 0 Å². The molecule has 0 aromatic carbocycles. The number of piperidine rings is 1. The number of amides is 1. The topological polar surface area (TPSA) is 68.2 Å². The largest absolute Gasteiger partial charge is 0.472 e. The molecular formula is C15H18N4O2S. The smallest absolute Gasteiger partial charge is 0.265 e. The van der Waals surface area contributed by atoms with E-state index in [0.717, 1.165) is 35.0 Å². The lowest BCUT2D eigenvalue weighted by molar-refractivity contribution is 0.0531. The van der Waals surface area contributed by atoms with E-state index >= 15 is 0 Å². The lowest BCUT2D eigenvalue weighted by Gasteiger charge is -2.32. The normalized spacial score (nSPS) is 18.3. The molecule has 6 nitrogen and oxygen atoms in total. The predicted molar refractivity (Wildman–Crippen MR) is 83.2 cm³/mol. The first-order valence-electron chi connectivity index (χ1n) is 7.29. The Bertz CT molecular complexity index is 659. The lowest BCUT2D eigenvalue weighted by atomic mass is 10.1. The Balaban J connectivity index is 1.68. The van der Waals surface area contributed by atoms with E-state index in [9.17, 15) is 4.79 Å². The standard InChI is InChI=1S/C15H18N4O2S/c1-10-14(22-11(2)18-10)15(20)19-7-3-4-12(8-19)21-13-5-6-16-9-17-13/h5-6,9,12H,3-4,7-8H2,1-2H3. The predicted octanol–water partition coefficient (Wildman–Crippen LogP) is 2.23. The van der Waals surface area contributed by atoms with Crippen LogP contribution in [0.15, 0.2) is 18.6 Å². The van der Waals surface area contributed by atoms with Gasteiger partial charge < -0.3 is 9.64 Å². The van der Waals surface area contributed by atoms with Crippen molar-refractivity contribution >= 4 is 17.2 Å². The summed E-state index contributed by atoms with van der Waals surface area (Å²) < 4.78 is 5.85. The van der Waals surface area contributed by atoms with Gasteiger partial charge in [-0.05, 0) is 26.7 Å². The Morgan fingerprint density at radius 2 is 2.32 bits per heavy atom. The van der Waals surface area contributed by atoms with Gasteiger partial charge in [0.15, 0.2) is 0 Å². The van der Waals surface area contributed by atoms with Crippen molar-refractivity contribution in [1.82, 2.24) is 19.9 Å². The first-order chi connectivity index (χ1) is 10.6. The average molecular weight is 318 g/mol. The molecular weight excluding hydrogens is 300 g/mol. The monoisotopic (exact) mass is 318 g/mol. The van der Waals surface area contributed by atoms with Crippen LogP contribution in [-0.4, -0.2) is 45.0 Å². The summed E-state index contributed by atoms with van der Waals surface area (Å²) in [6.07, 6.45) is 4.94. The second-order valence-electron chi connectivity index (χ2n) is 5.33. The number of thiazole rings is 1. The highest BCUT2D eigenvalue weighted by Crippen LogP contribution is 2.22. The fourth-order valence-electron chi connectivity index (χ4n) is 2.61. The van der Waals surface area contributed by atoms with E-state index in [0.29, 0.717) is 12.4 Å². The maximum atomic E-state index is 12.6. The summed E-state index contributed by atoms with van der Waals surface area (Å²) >= 11 is 1.46. The van der Waals surface area contributed by atoms with Crippen molar-refractivity contribution in [3.63, 3.8) is 0 Å². The summed E-state index contributed by atoms with van der Waals surface area (Å²) in [5.74, 6) is 0.609. The van der Waals surface area contributed by atoms with Crippen LogP contribution in [0.5, 0.6) is 5.88 Å². The fourth-order valence-corrected chi connectivity index (χ4v) is 3.50. The van der Waals surface area contributed by atoms with E-state index in [-0.39, 0.29) is 12.0 Å². The number of ether oxygens (including phenoxy) is 1. The first kappa shape index (κ1) is 14.9. The van der Waals surface area contributed by atoms with Crippen LogP contribution in [0, 0.1) is 13.8 Å².